The van der Waals surface area contributed by atoms with Gasteiger partial charge < -0.3 is 4.90 Å². The molecule has 1 saturated carbocycles. The number of carbonyl (C=O) groups excluding carboxylic acids is 3. The number of thiazole rings is 1. The minimum absolute atomic E-state index is 0.0456. The van der Waals surface area contributed by atoms with Gasteiger partial charge in [0.15, 0.2) is 5.69 Å². The van der Waals surface area contributed by atoms with Crippen LogP contribution in [0, 0.1) is 16.7 Å². The minimum atomic E-state index is -0.531. The van der Waals surface area contributed by atoms with Crippen molar-refractivity contribution >= 4 is 40.6 Å². The molecule has 2 N–H and O–H groups in total. The van der Waals surface area contributed by atoms with E-state index in [0.717, 1.165) is 29.4 Å². The van der Waals surface area contributed by atoms with Gasteiger partial charge in [-0.15, -0.1) is 16.4 Å². The van der Waals surface area contributed by atoms with Gasteiger partial charge in [0.2, 0.25) is 5.91 Å². The number of nitrogens with zero attached hydrogens (tertiary/aromatic N) is 4. The fourth-order valence-corrected chi connectivity index (χ4v) is 5.84. The molecule has 0 bridgehead atoms. The summed E-state index contributed by atoms with van der Waals surface area (Å²) in [6, 6.07) is 0. The van der Waals surface area contributed by atoms with E-state index < -0.39 is 11.8 Å². The lowest BCUT2D eigenvalue weighted by Crippen LogP contribution is -2.42. The fourth-order valence-electron chi connectivity index (χ4n) is 4.43. The lowest BCUT2D eigenvalue weighted by Gasteiger charge is -2.31. The molecule has 166 valence electrons. The first-order chi connectivity index (χ1) is 14.6. The molecule has 2 aliphatic rings. The molecule has 0 aromatic carbocycles. The maximum atomic E-state index is 13.0. The summed E-state index contributed by atoms with van der Waals surface area (Å²) in [5, 5.41) is 7.71. The zero-order valence-electron chi connectivity index (χ0n) is 18.0. The Morgan fingerprint density at radius 2 is 1.61 bits per heavy atom. The molecule has 2 aromatic rings. The van der Waals surface area contributed by atoms with E-state index >= 15 is 0 Å². The van der Waals surface area contributed by atoms with Gasteiger partial charge in [-0.25, -0.2) is 4.98 Å². The van der Waals surface area contributed by atoms with Crippen molar-refractivity contribution in [1.29, 1.82) is 0 Å². The quantitative estimate of drug-likeness (QED) is 0.674. The number of hydrogen-bond donors (Lipinski definition) is 2. The van der Waals surface area contributed by atoms with E-state index in [1.165, 1.54) is 16.7 Å². The maximum absolute atomic E-state index is 13.0. The topological polar surface area (TPSA) is 117 Å². The third-order valence-corrected chi connectivity index (χ3v) is 8.57. The van der Waals surface area contributed by atoms with Crippen molar-refractivity contribution in [3.8, 4) is 0 Å². The Morgan fingerprint density at radius 3 is 2.16 bits per heavy atom. The van der Waals surface area contributed by atoms with Gasteiger partial charge >= 0.3 is 0 Å². The number of hydrogen-bond acceptors (Lipinski definition) is 8. The monoisotopic (exact) mass is 462 g/mol. The summed E-state index contributed by atoms with van der Waals surface area (Å²) in [4.78, 5) is 43.5. The molecule has 0 atom stereocenters. The van der Waals surface area contributed by atoms with Crippen LogP contribution in [0.4, 0.5) is 0 Å². The molecule has 0 unspecified atom stereocenters. The largest absolute Gasteiger partial charge is 0.342 e. The van der Waals surface area contributed by atoms with Crippen molar-refractivity contribution in [2.24, 2.45) is 16.7 Å². The Hall–Kier alpha value is -2.40. The third kappa shape index (κ3) is 3.96. The number of carbonyl (C=O) groups is 3. The summed E-state index contributed by atoms with van der Waals surface area (Å²) in [6.45, 7) is 10.1. The van der Waals surface area contributed by atoms with Crippen LogP contribution in [0.2, 0.25) is 0 Å². The van der Waals surface area contributed by atoms with Crippen LogP contribution in [-0.2, 0) is 4.79 Å². The van der Waals surface area contributed by atoms with E-state index in [9.17, 15) is 14.4 Å². The minimum Gasteiger partial charge on any atom is -0.342 e. The highest BCUT2D eigenvalue weighted by Crippen LogP contribution is 2.68. The molecule has 2 aromatic heterocycles. The highest BCUT2D eigenvalue weighted by atomic mass is 32.1. The number of aromatic nitrogens is 3. The van der Waals surface area contributed by atoms with Crippen LogP contribution in [-0.4, -0.2) is 50.3 Å². The van der Waals surface area contributed by atoms with Crippen molar-refractivity contribution in [1.82, 2.24) is 30.3 Å². The van der Waals surface area contributed by atoms with Gasteiger partial charge in [0, 0.05) is 35.7 Å². The molecular weight excluding hydrogens is 436 g/mol. The van der Waals surface area contributed by atoms with Crippen LogP contribution in [0.5, 0.6) is 0 Å². The van der Waals surface area contributed by atoms with Gasteiger partial charge in [-0.2, -0.15) is 0 Å². The Kier molecular flexibility index (Phi) is 5.59. The molecule has 0 radical (unpaired) electrons. The van der Waals surface area contributed by atoms with Crippen LogP contribution in [0.25, 0.3) is 0 Å². The van der Waals surface area contributed by atoms with E-state index in [2.05, 4.69) is 53.1 Å². The number of nitrogens with one attached hydrogen (secondary N) is 2. The van der Waals surface area contributed by atoms with Crippen LogP contribution in [0.3, 0.4) is 0 Å². The Bertz CT molecular complexity index is 978. The standard InChI is InChI=1S/C20H26N6O3S2/c1-19(2)14(20(19,3)4)18(29)26-7-5-11(6-8-26)17-21-12(9-30-17)15(27)23-24-16(28)13-10-31-25-22-13/h9-11,14H,5-8H2,1-4H3,(H,23,27)(H,24,28). The summed E-state index contributed by atoms with van der Waals surface area (Å²) in [5.74, 6) is -0.436. The number of rotatable bonds is 4. The van der Waals surface area contributed by atoms with E-state index in [1.54, 1.807) is 5.38 Å². The third-order valence-electron chi connectivity index (χ3n) is 7.06. The second-order valence-corrected chi connectivity index (χ2v) is 10.7. The van der Waals surface area contributed by atoms with E-state index in [0.29, 0.717) is 13.1 Å². The molecule has 9 nitrogen and oxygen atoms in total. The molecule has 3 heterocycles. The lowest BCUT2D eigenvalue weighted by atomic mass is 9.96. The summed E-state index contributed by atoms with van der Waals surface area (Å²) in [6.07, 6.45) is 1.67. The second-order valence-electron chi connectivity index (χ2n) is 9.25. The average Bonchev–Trinajstić information content (AvgIpc) is 3.28. The van der Waals surface area contributed by atoms with Crippen LogP contribution in [0.1, 0.15) is 72.4 Å². The first kappa shape index (κ1) is 21.8. The zero-order chi connectivity index (χ0) is 22.4. The van der Waals surface area contributed by atoms with E-state index in [4.69, 9.17) is 0 Å². The van der Waals surface area contributed by atoms with Gasteiger partial charge in [0.1, 0.15) is 5.69 Å². The van der Waals surface area contributed by atoms with Crippen molar-refractivity contribution in [2.75, 3.05) is 13.1 Å². The SMILES string of the molecule is CC1(C)C(C(=O)N2CCC(c3nc(C(=O)NNC(=O)c4csnn4)cs3)CC2)C1(C)C. The molecule has 1 saturated heterocycles. The van der Waals surface area contributed by atoms with Crippen molar-refractivity contribution in [2.45, 2.75) is 46.5 Å². The number of amides is 3. The molecule has 0 spiro atoms. The first-order valence-electron chi connectivity index (χ1n) is 10.2. The molecule has 2 fully saturated rings. The van der Waals surface area contributed by atoms with Crippen molar-refractivity contribution < 1.29 is 14.4 Å². The summed E-state index contributed by atoms with van der Waals surface area (Å²) >= 11 is 2.49. The molecular formula is C20H26N6O3S2. The molecule has 1 aliphatic carbocycles. The first-order valence-corrected chi connectivity index (χ1v) is 12.0. The molecule has 11 heteroatoms. The van der Waals surface area contributed by atoms with Gasteiger partial charge in [-0.05, 0) is 35.2 Å². The Labute approximate surface area is 188 Å². The van der Waals surface area contributed by atoms with Crippen LogP contribution < -0.4 is 10.9 Å². The number of likely N-dealkylation sites (tertiary alicyclic amines) is 1. The summed E-state index contributed by atoms with van der Waals surface area (Å²) < 4.78 is 3.61. The summed E-state index contributed by atoms with van der Waals surface area (Å²) in [7, 11) is 0. The lowest BCUT2D eigenvalue weighted by molar-refractivity contribution is -0.134. The number of piperidine rings is 1. The predicted molar refractivity (Wildman–Crippen MR) is 117 cm³/mol. The Morgan fingerprint density at radius 1 is 1.00 bits per heavy atom. The van der Waals surface area contributed by atoms with Gasteiger partial charge in [0.25, 0.3) is 11.8 Å². The maximum Gasteiger partial charge on any atom is 0.291 e. The molecule has 4 rings (SSSR count). The fraction of sp³-hybridized carbons (Fsp3) is 0.600. The predicted octanol–water partition coefficient (Wildman–Crippen LogP) is 2.46. The number of hydrazine groups is 1. The molecule has 3 amide bonds. The highest BCUT2D eigenvalue weighted by molar-refractivity contribution is 7.09. The normalized spacial score (nSPS) is 20.3. The highest BCUT2D eigenvalue weighted by Gasteiger charge is 2.68. The van der Waals surface area contributed by atoms with Gasteiger partial charge in [-0.1, -0.05) is 32.2 Å². The van der Waals surface area contributed by atoms with Crippen molar-refractivity contribution in [3.05, 3.63) is 27.2 Å². The molecule has 1 aliphatic heterocycles. The summed E-state index contributed by atoms with van der Waals surface area (Å²) in [5.41, 5.74) is 5.15. The van der Waals surface area contributed by atoms with Crippen LogP contribution >= 0.6 is 22.9 Å². The van der Waals surface area contributed by atoms with Crippen molar-refractivity contribution in [3.63, 3.8) is 0 Å². The molecule has 31 heavy (non-hydrogen) atoms. The average molecular weight is 463 g/mol. The van der Waals surface area contributed by atoms with Gasteiger partial charge in [-0.3, -0.25) is 25.2 Å². The Balaban J connectivity index is 1.29. The second kappa shape index (κ2) is 7.94. The smallest absolute Gasteiger partial charge is 0.291 e. The zero-order valence-corrected chi connectivity index (χ0v) is 19.6. The van der Waals surface area contributed by atoms with Crippen LogP contribution in [0.15, 0.2) is 10.8 Å². The van der Waals surface area contributed by atoms with E-state index in [1.807, 2.05) is 4.90 Å². The van der Waals surface area contributed by atoms with E-state index in [-0.39, 0.29) is 40.0 Å². The van der Waals surface area contributed by atoms with Gasteiger partial charge in [0.05, 0.1) is 5.01 Å².